The molecule has 0 spiro atoms. The molecule has 86 valence electrons. The summed E-state index contributed by atoms with van der Waals surface area (Å²) in [5.74, 6) is 1.25. The number of aromatic nitrogens is 3. The van der Waals surface area contributed by atoms with Crippen LogP contribution in [0, 0.1) is 0 Å². The van der Waals surface area contributed by atoms with E-state index in [1.165, 1.54) is 0 Å². The standard InChI is InChI=1S/C13H19N3/c1-9(2)10-8-16-7-6-11(13(3,4)5)15-12(16)14-10/h6-9H,1-5H3. The van der Waals surface area contributed by atoms with Crippen molar-refractivity contribution >= 4 is 5.78 Å². The molecule has 3 heteroatoms. The second kappa shape index (κ2) is 3.58. The Bertz CT molecular complexity index is 503. The van der Waals surface area contributed by atoms with Crippen molar-refractivity contribution in [1.29, 1.82) is 0 Å². The molecule has 3 nitrogen and oxygen atoms in total. The van der Waals surface area contributed by atoms with Crippen molar-refractivity contribution in [3.05, 3.63) is 29.8 Å². The second-order valence-corrected chi connectivity index (χ2v) is 5.59. The first kappa shape index (κ1) is 11.1. The maximum Gasteiger partial charge on any atom is 0.234 e. The van der Waals surface area contributed by atoms with E-state index in [-0.39, 0.29) is 5.41 Å². The van der Waals surface area contributed by atoms with Gasteiger partial charge in [-0.15, -0.1) is 0 Å². The number of fused-ring (bicyclic) bond motifs is 1. The fraction of sp³-hybridized carbons (Fsp3) is 0.538. The first-order valence-corrected chi connectivity index (χ1v) is 5.74. The number of nitrogens with zero attached hydrogens (tertiary/aromatic N) is 3. The third kappa shape index (κ3) is 1.94. The molecule has 0 bridgehead atoms. The van der Waals surface area contributed by atoms with Gasteiger partial charge in [0.2, 0.25) is 5.78 Å². The second-order valence-electron chi connectivity index (χ2n) is 5.59. The van der Waals surface area contributed by atoms with Crippen molar-refractivity contribution in [3.8, 4) is 0 Å². The molecule has 2 rings (SSSR count). The van der Waals surface area contributed by atoms with Crippen LogP contribution >= 0.6 is 0 Å². The third-order valence-electron chi connectivity index (χ3n) is 2.70. The molecule has 0 saturated carbocycles. The fourth-order valence-electron chi connectivity index (χ4n) is 1.59. The molecule has 0 aliphatic heterocycles. The maximum absolute atomic E-state index is 4.60. The summed E-state index contributed by atoms with van der Waals surface area (Å²) in [6.45, 7) is 10.8. The summed E-state index contributed by atoms with van der Waals surface area (Å²) in [6.07, 6.45) is 4.10. The lowest BCUT2D eigenvalue weighted by molar-refractivity contribution is 0.568. The van der Waals surface area contributed by atoms with E-state index in [9.17, 15) is 0 Å². The summed E-state index contributed by atoms with van der Waals surface area (Å²) in [5.41, 5.74) is 2.26. The van der Waals surface area contributed by atoms with Gasteiger partial charge < -0.3 is 0 Å². The maximum atomic E-state index is 4.60. The molecule has 2 heterocycles. The lowest BCUT2D eigenvalue weighted by Crippen LogP contribution is -2.14. The Balaban J connectivity index is 2.54. The largest absolute Gasteiger partial charge is 0.291 e. The van der Waals surface area contributed by atoms with Gasteiger partial charge in [0.15, 0.2) is 0 Å². The lowest BCUT2D eigenvalue weighted by atomic mass is 9.92. The quantitative estimate of drug-likeness (QED) is 0.734. The first-order chi connectivity index (χ1) is 7.38. The number of hydrogen-bond donors (Lipinski definition) is 0. The summed E-state index contributed by atoms with van der Waals surface area (Å²) in [4.78, 5) is 9.14. The molecule has 0 amide bonds. The minimum Gasteiger partial charge on any atom is -0.291 e. The van der Waals surface area contributed by atoms with Crippen LogP contribution in [0.4, 0.5) is 0 Å². The average Bonchev–Trinajstić information content (AvgIpc) is 2.58. The van der Waals surface area contributed by atoms with Crippen molar-refractivity contribution in [2.45, 2.75) is 46.0 Å². The zero-order valence-electron chi connectivity index (χ0n) is 10.7. The Morgan fingerprint density at radius 2 is 1.88 bits per heavy atom. The Kier molecular flexibility index (Phi) is 2.49. The topological polar surface area (TPSA) is 30.2 Å². The normalized spacial score (nSPS) is 12.6. The van der Waals surface area contributed by atoms with Gasteiger partial charge in [-0.25, -0.2) is 9.97 Å². The van der Waals surface area contributed by atoms with Crippen LogP contribution in [0.2, 0.25) is 0 Å². The van der Waals surface area contributed by atoms with Gasteiger partial charge in [0.05, 0.1) is 11.4 Å². The van der Waals surface area contributed by atoms with Gasteiger partial charge in [0, 0.05) is 17.8 Å². The Morgan fingerprint density at radius 1 is 1.19 bits per heavy atom. The van der Waals surface area contributed by atoms with Gasteiger partial charge >= 0.3 is 0 Å². The molecule has 0 N–H and O–H groups in total. The Hall–Kier alpha value is -1.38. The van der Waals surface area contributed by atoms with E-state index < -0.39 is 0 Å². The predicted molar refractivity (Wildman–Crippen MR) is 65.8 cm³/mol. The summed E-state index contributed by atoms with van der Waals surface area (Å²) in [7, 11) is 0. The van der Waals surface area contributed by atoms with E-state index in [0.717, 1.165) is 17.2 Å². The van der Waals surface area contributed by atoms with Crippen molar-refractivity contribution < 1.29 is 0 Å². The van der Waals surface area contributed by atoms with Crippen LogP contribution in [0.3, 0.4) is 0 Å². The van der Waals surface area contributed by atoms with Crippen molar-refractivity contribution in [1.82, 2.24) is 14.4 Å². The van der Waals surface area contributed by atoms with E-state index in [0.29, 0.717) is 5.92 Å². The molecule has 16 heavy (non-hydrogen) atoms. The molecule has 0 atom stereocenters. The monoisotopic (exact) mass is 217 g/mol. The van der Waals surface area contributed by atoms with Gasteiger partial charge in [0.25, 0.3) is 0 Å². The molecule has 2 aromatic rings. The van der Waals surface area contributed by atoms with Crippen LogP contribution in [0.15, 0.2) is 18.5 Å². The highest BCUT2D eigenvalue weighted by molar-refractivity contribution is 5.34. The molecule has 0 aliphatic carbocycles. The Labute approximate surface area is 96.5 Å². The van der Waals surface area contributed by atoms with Crippen LogP contribution in [-0.4, -0.2) is 14.4 Å². The summed E-state index contributed by atoms with van der Waals surface area (Å²) in [6, 6.07) is 2.07. The van der Waals surface area contributed by atoms with Crippen LogP contribution in [0.5, 0.6) is 0 Å². The first-order valence-electron chi connectivity index (χ1n) is 5.74. The molecule has 0 unspecified atom stereocenters. The van der Waals surface area contributed by atoms with Gasteiger partial charge in [0.1, 0.15) is 0 Å². The van der Waals surface area contributed by atoms with Gasteiger partial charge in [-0.1, -0.05) is 34.6 Å². The number of imidazole rings is 1. The highest BCUT2D eigenvalue weighted by Crippen LogP contribution is 2.21. The van der Waals surface area contributed by atoms with E-state index >= 15 is 0 Å². The summed E-state index contributed by atoms with van der Waals surface area (Å²) in [5, 5.41) is 0. The van der Waals surface area contributed by atoms with Gasteiger partial charge in [-0.3, -0.25) is 4.40 Å². The minimum atomic E-state index is 0.0751. The average molecular weight is 217 g/mol. The van der Waals surface area contributed by atoms with E-state index in [2.05, 4.69) is 56.8 Å². The van der Waals surface area contributed by atoms with Crippen LogP contribution in [0.1, 0.15) is 51.9 Å². The molecule has 0 fully saturated rings. The Morgan fingerprint density at radius 3 is 2.44 bits per heavy atom. The van der Waals surface area contributed by atoms with E-state index in [1.807, 2.05) is 10.6 Å². The number of hydrogen-bond acceptors (Lipinski definition) is 2. The van der Waals surface area contributed by atoms with Crippen molar-refractivity contribution in [2.75, 3.05) is 0 Å². The van der Waals surface area contributed by atoms with Crippen molar-refractivity contribution in [2.24, 2.45) is 0 Å². The molecule has 0 aromatic carbocycles. The smallest absolute Gasteiger partial charge is 0.234 e. The SMILES string of the molecule is CC(C)c1cn2ccc(C(C)(C)C)nc2n1. The van der Waals surface area contributed by atoms with E-state index in [4.69, 9.17) is 0 Å². The zero-order chi connectivity index (χ0) is 11.9. The highest BCUT2D eigenvalue weighted by atomic mass is 15.1. The molecule has 0 aliphatic rings. The summed E-state index contributed by atoms with van der Waals surface area (Å²) >= 11 is 0. The zero-order valence-corrected chi connectivity index (χ0v) is 10.7. The minimum absolute atomic E-state index is 0.0751. The molecular formula is C13H19N3. The molecule has 0 saturated heterocycles. The van der Waals surface area contributed by atoms with Gasteiger partial charge in [-0.05, 0) is 12.0 Å². The molecule has 2 aromatic heterocycles. The fourth-order valence-corrected chi connectivity index (χ4v) is 1.59. The molecule has 0 radical (unpaired) electrons. The lowest BCUT2D eigenvalue weighted by Gasteiger charge is -2.16. The van der Waals surface area contributed by atoms with Crippen LogP contribution in [-0.2, 0) is 5.41 Å². The van der Waals surface area contributed by atoms with Crippen LogP contribution < -0.4 is 0 Å². The van der Waals surface area contributed by atoms with Crippen molar-refractivity contribution in [3.63, 3.8) is 0 Å². The third-order valence-corrected chi connectivity index (χ3v) is 2.70. The van der Waals surface area contributed by atoms with Gasteiger partial charge in [-0.2, -0.15) is 0 Å². The van der Waals surface area contributed by atoms with E-state index in [1.54, 1.807) is 0 Å². The number of rotatable bonds is 1. The molecular weight excluding hydrogens is 198 g/mol. The summed E-state index contributed by atoms with van der Waals surface area (Å²) < 4.78 is 1.99. The van der Waals surface area contributed by atoms with Crippen LogP contribution in [0.25, 0.3) is 5.78 Å². The highest BCUT2D eigenvalue weighted by Gasteiger charge is 2.16. The predicted octanol–water partition coefficient (Wildman–Crippen LogP) is 3.15.